The van der Waals surface area contributed by atoms with Crippen molar-refractivity contribution in [3.05, 3.63) is 34.6 Å². The van der Waals surface area contributed by atoms with Gasteiger partial charge in [0.15, 0.2) is 23.3 Å². The maximum absolute atomic E-state index is 13.5. The summed E-state index contributed by atoms with van der Waals surface area (Å²) < 4.78 is 71.3. The number of halogens is 5. The SMILES string of the molecule is CNC(COC(C)C)c1c(F)c(F)c(F)c(F)c1F. The molecule has 0 bridgehead atoms. The molecule has 1 aromatic carbocycles. The molecule has 0 amide bonds. The summed E-state index contributed by atoms with van der Waals surface area (Å²) in [6.07, 6.45) is -0.239. The average molecular weight is 283 g/mol. The molecule has 19 heavy (non-hydrogen) atoms. The van der Waals surface area contributed by atoms with Gasteiger partial charge in [0.1, 0.15) is 0 Å². The van der Waals surface area contributed by atoms with Crippen LogP contribution < -0.4 is 5.32 Å². The minimum absolute atomic E-state index is 0.216. The second kappa shape index (κ2) is 6.29. The Hall–Kier alpha value is -1.21. The number of hydrogen-bond acceptors (Lipinski definition) is 2. The molecule has 1 rings (SSSR count). The van der Waals surface area contributed by atoms with Crippen LogP contribution in [0.4, 0.5) is 22.0 Å². The molecule has 0 aliphatic rings. The summed E-state index contributed by atoms with van der Waals surface area (Å²) in [7, 11) is 1.34. The van der Waals surface area contributed by atoms with Crippen LogP contribution in [0.15, 0.2) is 0 Å². The number of likely N-dealkylation sites (N-methyl/N-ethyl adjacent to an activating group) is 1. The first-order valence-electron chi connectivity index (χ1n) is 5.61. The first-order valence-corrected chi connectivity index (χ1v) is 5.61. The van der Waals surface area contributed by atoms with E-state index in [1.807, 2.05) is 0 Å². The molecule has 7 heteroatoms. The molecular weight excluding hydrogens is 269 g/mol. The van der Waals surface area contributed by atoms with E-state index in [4.69, 9.17) is 4.74 Å². The number of rotatable bonds is 5. The van der Waals surface area contributed by atoms with Crippen LogP contribution in [0, 0.1) is 29.1 Å². The molecule has 0 fully saturated rings. The summed E-state index contributed by atoms with van der Waals surface area (Å²) >= 11 is 0. The van der Waals surface area contributed by atoms with E-state index in [0.717, 1.165) is 0 Å². The largest absolute Gasteiger partial charge is 0.377 e. The van der Waals surface area contributed by atoms with Crippen LogP contribution in [-0.4, -0.2) is 19.8 Å². The van der Waals surface area contributed by atoms with Crippen LogP contribution in [0.1, 0.15) is 25.5 Å². The van der Waals surface area contributed by atoms with Gasteiger partial charge in [-0.25, -0.2) is 22.0 Å². The second-order valence-electron chi connectivity index (χ2n) is 4.21. The maximum Gasteiger partial charge on any atom is 0.200 e. The van der Waals surface area contributed by atoms with Crippen molar-refractivity contribution < 1.29 is 26.7 Å². The molecule has 2 nitrogen and oxygen atoms in total. The molecule has 1 atom stereocenters. The minimum atomic E-state index is -2.17. The van der Waals surface area contributed by atoms with Crippen molar-refractivity contribution in [2.45, 2.75) is 26.0 Å². The predicted octanol–water partition coefficient (Wildman–Crippen LogP) is 3.07. The standard InChI is InChI=1S/C12H14F5NO/c1-5(2)19-4-6(18-3)7-8(13)10(15)12(17)11(16)9(7)14/h5-6,18H,4H2,1-3H3. The molecule has 0 aliphatic heterocycles. The zero-order valence-electron chi connectivity index (χ0n) is 10.7. The third-order valence-electron chi connectivity index (χ3n) is 2.54. The lowest BCUT2D eigenvalue weighted by Gasteiger charge is -2.20. The zero-order valence-corrected chi connectivity index (χ0v) is 10.7. The van der Waals surface area contributed by atoms with E-state index in [2.05, 4.69) is 5.32 Å². The van der Waals surface area contributed by atoms with E-state index in [1.165, 1.54) is 7.05 Å². The van der Waals surface area contributed by atoms with Gasteiger partial charge in [-0.2, -0.15) is 0 Å². The van der Waals surface area contributed by atoms with Gasteiger partial charge in [-0.15, -0.1) is 0 Å². The van der Waals surface area contributed by atoms with Gasteiger partial charge in [0.05, 0.1) is 18.8 Å². The van der Waals surface area contributed by atoms with E-state index in [9.17, 15) is 22.0 Å². The number of hydrogen-bond donors (Lipinski definition) is 1. The van der Waals surface area contributed by atoms with Gasteiger partial charge in [0, 0.05) is 5.56 Å². The van der Waals surface area contributed by atoms with E-state index in [-0.39, 0.29) is 12.7 Å². The van der Waals surface area contributed by atoms with E-state index in [0.29, 0.717) is 0 Å². The Morgan fingerprint density at radius 3 is 1.68 bits per heavy atom. The Morgan fingerprint density at radius 1 is 0.895 bits per heavy atom. The minimum Gasteiger partial charge on any atom is -0.377 e. The first-order chi connectivity index (χ1) is 8.81. The van der Waals surface area contributed by atoms with Crippen molar-refractivity contribution in [1.29, 1.82) is 0 Å². The van der Waals surface area contributed by atoms with Gasteiger partial charge >= 0.3 is 0 Å². The summed E-state index contributed by atoms with van der Waals surface area (Å²) in [5.74, 6) is -9.78. The van der Waals surface area contributed by atoms with E-state index in [1.54, 1.807) is 13.8 Å². The third-order valence-corrected chi connectivity index (χ3v) is 2.54. The van der Waals surface area contributed by atoms with Crippen LogP contribution in [0.2, 0.25) is 0 Å². The van der Waals surface area contributed by atoms with Crippen LogP contribution in [0.5, 0.6) is 0 Å². The maximum atomic E-state index is 13.5. The molecule has 0 aromatic heterocycles. The molecule has 108 valence electrons. The Morgan fingerprint density at radius 2 is 1.32 bits per heavy atom. The highest BCUT2D eigenvalue weighted by molar-refractivity contribution is 5.27. The van der Waals surface area contributed by atoms with Crippen molar-refractivity contribution >= 4 is 0 Å². The van der Waals surface area contributed by atoms with E-state index >= 15 is 0 Å². The van der Waals surface area contributed by atoms with Gasteiger partial charge in [0.2, 0.25) is 5.82 Å². The van der Waals surface area contributed by atoms with Crippen LogP contribution >= 0.6 is 0 Å². The lowest BCUT2D eigenvalue weighted by Crippen LogP contribution is -2.27. The van der Waals surface area contributed by atoms with Crippen LogP contribution in [-0.2, 0) is 4.74 Å². The van der Waals surface area contributed by atoms with Gasteiger partial charge in [-0.1, -0.05) is 0 Å². The predicted molar refractivity (Wildman–Crippen MR) is 59.1 cm³/mol. The summed E-state index contributed by atoms with van der Waals surface area (Å²) in [6.45, 7) is 3.16. The zero-order chi connectivity index (χ0) is 14.7. The molecule has 1 aromatic rings. The average Bonchev–Trinajstić information content (AvgIpc) is 2.37. The number of benzene rings is 1. The molecule has 0 radical (unpaired) electrons. The summed E-state index contributed by atoms with van der Waals surface area (Å²) in [5, 5.41) is 2.47. The molecule has 0 saturated heterocycles. The fourth-order valence-corrected chi connectivity index (χ4v) is 1.53. The number of nitrogens with one attached hydrogen (secondary N) is 1. The smallest absolute Gasteiger partial charge is 0.200 e. The quantitative estimate of drug-likeness (QED) is 0.509. The van der Waals surface area contributed by atoms with Crippen molar-refractivity contribution in [2.75, 3.05) is 13.7 Å². The second-order valence-corrected chi connectivity index (χ2v) is 4.21. The topological polar surface area (TPSA) is 21.3 Å². The Bertz CT molecular complexity index is 435. The fourth-order valence-electron chi connectivity index (χ4n) is 1.53. The lowest BCUT2D eigenvalue weighted by molar-refractivity contribution is 0.0607. The Kier molecular flexibility index (Phi) is 5.25. The first kappa shape index (κ1) is 15.8. The molecule has 0 saturated carbocycles. The highest BCUT2D eigenvalue weighted by Gasteiger charge is 2.29. The molecular formula is C12H14F5NO. The van der Waals surface area contributed by atoms with Crippen LogP contribution in [0.3, 0.4) is 0 Å². The Labute approximate surface area is 107 Å². The monoisotopic (exact) mass is 283 g/mol. The summed E-state index contributed by atoms with van der Waals surface area (Å²) in [5.41, 5.74) is -0.917. The molecule has 1 N–H and O–H groups in total. The lowest BCUT2D eigenvalue weighted by atomic mass is 10.0. The van der Waals surface area contributed by atoms with Gasteiger partial charge in [-0.05, 0) is 20.9 Å². The van der Waals surface area contributed by atoms with Crippen LogP contribution in [0.25, 0.3) is 0 Å². The van der Waals surface area contributed by atoms with Crippen molar-refractivity contribution in [3.63, 3.8) is 0 Å². The highest BCUT2D eigenvalue weighted by atomic mass is 19.2. The molecule has 1 unspecified atom stereocenters. The summed E-state index contributed by atoms with van der Waals surface area (Å²) in [6, 6.07) is -1.13. The fraction of sp³-hybridized carbons (Fsp3) is 0.500. The van der Waals surface area contributed by atoms with Gasteiger partial charge in [0.25, 0.3) is 0 Å². The normalized spacial score (nSPS) is 13.1. The molecule has 0 heterocycles. The van der Waals surface area contributed by atoms with Gasteiger partial charge in [-0.3, -0.25) is 0 Å². The van der Waals surface area contributed by atoms with Gasteiger partial charge < -0.3 is 10.1 Å². The van der Waals surface area contributed by atoms with Crippen molar-refractivity contribution in [3.8, 4) is 0 Å². The Balaban J connectivity index is 3.24. The number of ether oxygens (including phenoxy) is 1. The highest BCUT2D eigenvalue weighted by Crippen LogP contribution is 2.28. The summed E-state index contributed by atoms with van der Waals surface area (Å²) in [4.78, 5) is 0. The molecule has 0 spiro atoms. The van der Waals surface area contributed by atoms with Crippen molar-refractivity contribution in [1.82, 2.24) is 5.32 Å². The van der Waals surface area contributed by atoms with E-state index < -0.39 is 40.7 Å². The van der Waals surface area contributed by atoms with Crippen molar-refractivity contribution in [2.24, 2.45) is 0 Å². The third kappa shape index (κ3) is 3.22. The molecule has 0 aliphatic carbocycles.